The lowest BCUT2D eigenvalue weighted by atomic mass is 9.95. The first-order valence-corrected chi connectivity index (χ1v) is 7.03. The summed E-state index contributed by atoms with van der Waals surface area (Å²) in [4.78, 5) is 2.67. The summed E-state index contributed by atoms with van der Waals surface area (Å²) in [5.74, 6) is 2.70. The van der Waals surface area contributed by atoms with Crippen molar-refractivity contribution in [3.05, 3.63) is 0 Å². The summed E-state index contributed by atoms with van der Waals surface area (Å²) in [5, 5.41) is 0. The van der Waals surface area contributed by atoms with E-state index in [1.54, 1.807) is 0 Å². The van der Waals surface area contributed by atoms with E-state index in [4.69, 9.17) is 5.73 Å². The SMILES string of the molecule is C[C@@H]1[C@H](N)CCCN1C1CCCSC1. The Morgan fingerprint density at radius 1 is 1.29 bits per heavy atom. The van der Waals surface area contributed by atoms with E-state index >= 15 is 0 Å². The van der Waals surface area contributed by atoms with Gasteiger partial charge in [-0.1, -0.05) is 0 Å². The molecule has 2 fully saturated rings. The molecule has 0 saturated carbocycles. The van der Waals surface area contributed by atoms with Crippen molar-refractivity contribution in [2.45, 2.75) is 50.7 Å². The molecule has 2 nitrogen and oxygen atoms in total. The molecule has 2 rings (SSSR count). The molecule has 2 heterocycles. The zero-order valence-electron chi connectivity index (χ0n) is 9.11. The summed E-state index contributed by atoms with van der Waals surface area (Å²) in [5.41, 5.74) is 6.13. The number of piperidine rings is 1. The van der Waals surface area contributed by atoms with Gasteiger partial charge in [0.1, 0.15) is 0 Å². The van der Waals surface area contributed by atoms with Crippen LogP contribution in [0, 0.1) is 0 Å². The zero-order valence-corrected chi connectivity index (χ0v) is 9.93. The molecule has 3 atom stereocenters. The molecule has 0 aromatic carbocycles. The van der Waals surface area contributed by atoms with E-state index in [2.05, 4.69) is 23.6 Å². The molecule has 0 aromatic heterocycles. The molecular formula is C11H22N2S. The second kappa shape index (κ2) is 4.86. The Morgan fingerprint density at radius 2 is 2.14 bits per heavy atom. The zero-order chi connectivity index (χ0) is 9.97. The van der Waals surface area contributed by atoms with Crippen LogP contribution in [0.5, 0.6) is 0 Å². The second-order valence-electron chi connectivity index (χ2n) is 4.66. The highest BCUT2D eigenvalue weighted by Crippen LogP contribution is 2.26. The van der Waals surface area contributed by atoms with E-state index in [1.807, 2.05) is 0 Å². The van der Waals surface area contributed by atoms with Crippen LogP contribution in [0.3, 0.4) is 0 Å². The third-order valence-corrected chi connectivity index (χ3v) is 4.90. The van der Waals surface area contributed by atoms with Gasteiger partial charge in [-0.15, -0.1) is 0 Å². The van der Waals surface area contributed by atoms with Crippen LogP contribution in [0.2, 0.25) is 0 Å². The predicted octanol–water partition coefficient (Wildman–Crippen LogP) is 1.69. The van der Waals surface area contributed by atoms with Crippen LogP contribution in [-0.4, -0.2) is 41.1 Å². The molecule has 14 heavy (non-hydrogen) atoms. The highest BCUT2D eigenvalue weighted by Gasteiger charge is 2.31. The number of hydrogen-bond acceptors (Lipinski definition) is 3. The third-order valence-electron chi connectivity index (χ3n) is 3.70. The quantitative estimate of drug-likeness (QED) is 0.720. The number of rotatable bonds is 1. The summed E-state index contributed by atoms with van der Waals surface area (Å²) in [6.45, 7) is 3.59. The fourth-order valence-electron chi connectivity index (χ4n) is 2.70. The van der Waals surface area contributed by atoms with Gasteiger partial charge in [0.25, 0.3) is 0 Å². The van der Waals surface area contributed by atoms with Crippen LogP contribution < -0.4 is 5.73 Å². The molecule has 2 aliphatic heterocycles. The van der Waals surface area contributed by atoms with Gasteiger partial charge in [0, 0.05) is 23.9 Å². The van der Waals surface area contributed by atoms with Crippen molar-refractivity contribution in [3.8, 4) is 0 Å². The standard InChI is InChI=1S/C11H22N2S/c1-9-11(12)5-2-6-13(9)10-4-3-7-14-8-10/h9-11H,2-8,12H2,1H3/t9-,10?,11-/m1/s1. The monoisotopic (exact) mass is 214 g/mol. The highest BCUT2D eigenvalue weighted by molar-refractivity contribution is 7.99. The summed E-state index contributed by atoms with van der Waals surface area (Å²) in [6.07, 6.45) is 5.31. The summed E-state index contributed by atoms with van der Waals surface area (Å²) < 4.78 is 0. The van der Waals surface area contributed by atoms with Gasteiger partial charge >= 0.3 is 0 Å². The maximum Gasteiger partial charge on any atom is 0.0222 e. The highest BCUT2D eigenvalue weighted by atomic mass is 32.2. The lowest BCUT2D eigenvalue weighted by Gasteiger charge is -2.43. The summed E-state index contributed by atoms with van der Waals surface area (Å²) >= 11 is 2.12. The Balaban J connectivity index is 1.93. The summed E-state index contributed by atoms with van der Waals surface area (Å²) in [6, 6.07) is 1.83. The minimum absolute atomic E-state index is 0.413. The lowest BCUT2D eigenvalue weighted by molar-refractivity contribution is 0.0942. The van der Waals surface area contributed by atoms with Crippen LogP contribution >= 0.6 is 11.8 Å². The summed E-state index contributed by atoms with van der Waals surface area (Å²) in [7, 11) is 0. The largest absolute Gasteiger partial charge is 0.326 e. The van der Waals surface area contributed by atoms with E-state index in [9.17, 15) is 0 Å². The first-order valence-electron chi connectivity index (χ1n) is 5.88. The smallest absolute Gasteiger partial charge is 0.0222 e. The number of nitrogens with two attached hydrogens (primary N) is 1. The number of thioether (sulfide) groups is 1. The van der Waals surface area contributed by atoms with Crippen molar-refractivity contribution in [1.82, 2.24) is 4.90 Å². The fourth-order valence-corrected chi connectivity index (χ4v) is 3.87. The van der Waals surface area contributed by atoms with Gasteiger partial charge in [0.2, 0.25) is 0 Å². The van der Waals surface area contributed by atoms with Gasteiger partial charge < -0.3 is 5.73 Å². The molecule has 82 valence electrons. The molecule has 0 aliphatic carbocycles. The lowest BCUT2D eigenvalue weighted by Crippen LogP contribution is -2.55. The molecule has 0 aromatic rings. The minimum atomic E-state index is 0.413. The van der Waals surface area contributed by atoms with Gasteiger partial charge in [0.15, 0.2) is 0 Å². The molecule has 2 N–H and O–H groups in total. The molecule has 0 bridgehead atoms. The average molecular weight is 214 g/mol. The normalized spacial score (nSPS) is 41.1. The van der Waals surface area contributed by atoms with Gasteiger partial charge in [-0.25, -0.2) is 0 Å². The van der Waals surface area contributed by atoms with Crippen LogP contribution in [0.4, 0.5) is 0 Å². The molecule has 1 unspecified atom stereocenters. The first kappa shape index (κ1) is 10.8. The Hall–Kier alpha value is 0.270. The Labute approximate surface area is 91.6 Å². The van der Waals surface area contributed by atoms with Crippen molar-refractivity contribution < 1.29 is 0 Å². The molecular weight excluding hydrogens is 192 g/mol. The maximum absolute atomic E-state index is 6.13. The molecule has 0 spiro atoms. The van der Waals surface area contributed by atoms with Crippen molar-refractivity contribution in [3.63, 3.8) is 0 Å². The second-order valence-corrected chi connectivity index (χ2v) is 5.81. The van der Waals surface area contributed by atoms with Gasteiger partial charge in [-0.3, -0.25) is 4.90 Å². The minimum Gasteiger partial charge on any atom is -0.326 e. The van der Waals surface area contributed by atoms with Gasteiger partial charge in [-0.2, -0.15) is 11.8 Å². The Bertz CT molecular complexity index is 180. The van der Waals surface area contributed by atoms with Gasteiger partial charge in [-0.05, 0) is 44.9 Å². The molecule has 0 amide bonds. The van der Waals surface area contributed by atoms with Crippen LogP contribution in [-0.2, 0) is 0 Å². The average Bonchev–Trinajstić information content (AvgIpc) is 2.23. The van der Waals surface area contributed by atoms with Crippen molar-refractivity contribution in [1.29, 1.82) is 0 Å². The Kier molecular flexibility index (Phi) is 3.74. The van der Waals surface area contributed by atoms with Crippen LogP contribution in [0.25, 0.3) is 0 Å². The molecule has 3 heteroatoms. The van der Waals surface area contributed by atoms with Crippen molar-refractivity contribution >= 4 is 11.8 Å². The molecule has 2 aliphatic rings. The number of likely N-dealkylation sites (tertiary alicyclic amines) is 1. The third kappa shape index (κ3) is 2.26. The van der Waals surface area contributed by atoms with E-state index < -0.39 is 0 Å². The van der Waals surface area contributed by atoms with E-state index in [-0.39, 0.29) is 0 Å². The van der Waals surface area contributed by atoms with Crippen molar-refractivity contribution in [2.24, 2.45) is 5.73 Å². The number of nitrogens with zero attached hydrogens (tertiary/aromatic N) is 1. The van der Waals surface area contributed by atoms with Crippen molar-refractivity contribution in [2.75, 3.05) is 18.1 Å². The van der Waals surface area contributed by atoms with Gasteiger partial charge in [0.05, 0.1) is 0 Å². The predicted molar refractivity (Wildman–Crippen MR) is 63.7 cm³/mol. The van der Waals surface area contributed by atoms with E-state index in [0.29, 0.717) is 12.1 Å². The molecule has 0 radical (unpaired) electrons. The topological polar surface area (TPSA) is 29.3 Å². The molecule has 2 saturated heterocycles. The fraction of sp³-hybridized carbons (Fsp3) is 1.00. The maximum atomic E-state index is 6.13. The first-order chi connectivity index (χ1) is 6.79. The van der Waals surface area contributed by atoms with E-state index in [0.717, 1.165) is 6.04 Å². The Morgan fingerprint density at radius 3 is 2.86 bits per heavy atom. The number of hydrogen-bond donors (Lipinski definition) is 1. The van der Waals surface area contributed by atoms with Crippen LogP contribution in [0.1, 0.15) is 32.6 Å². The van der Waals surface area contributed by atoms with E-state index in [1.165, 1.54) is 43.7 Å². The van der Waals surface area contributed by atoms with Crippen LogP contribution in [0.15, 0.2) is 0 Å².